The number of esters is 1. The maximum Gasteiger partial charge on any atom is 0.349 e. The van der Waals surface area contributed by atoms with Gasteiger partial charge in [-0.2, -0.15) is 0 Å². The second-order valence-corrected chi connectivity index (χ2v) is 5.30. The van der Waals surface area contributed by atoms with Crippen LogP contribution in [0.4, 0.5) is 0 Å². The molecule has 0 aromatic heterocycles. The Balaban J connectivity index is 4.06. The summed E-state index contributed by atoms with van der Waals surface area (Å²) in [5.41, 5.74) is 0. The molecule has 0 atom stereocenters. The molecule has 0 fully saturated rings. The van der Waals surface area contributed by atoms with Crippen LogP contribution in [0.5, 0.6) is 0 Å². The summed E-state index contributed by atoms with van der Waals surface area (Å²) in [6, 6.07) is 0. The summed E-state index contributed by atoms with van der Waals surface area (Å²) in [5.74, 6) is -0.675. The fourth-order valence-electron chi connectivity index (χ4n) is 0.581. The number of halogens is 4. The normalized spacial score (nSPS) is 12.8. The van der Waals surface area contributed by atoms with E-state index in [1.165, 1.54) is 0 Å². The summed E-state index contributed by atoms with van der Waals surface area (Å²) >= 11 is 21.7. The van der Waals surface area contributed by atoms with E-state index in [4.69, 9.17) is 51.1 Å². The molecule has 0 spiro atoms. The summed E-state index contributed by atoms with van der Waals surface area (Å²) in [6.45, 7) is 2.30. The monoisotopic (exact) mass is 278 g/mol. The maximum absolute atomic E-state index is 11.1. The lowest BCUT2D eigenvalue weighted by atomic mass is 10.4. The van der Waals surface area contributed by atoms with Crippen molar-refractivity contribution in [2.45, 2.75) is 23.6 Å². The van der Waals surface area contributed by atoms with Crippen molar-refractivity contribution in [3.05, 3.63) is 11.1 Å². The number of carbonyl (C=O) groups is 1. The van der Waals surface area contributed by atoms with Crippen molar-refractivity contribution in [2.75, 3.05) is 6.61 Å². The molecule has 2 nitrogen and oxygen atoms in total. The molecule has 0 aliphatic carbocycles. The molecule has 14 heavy (non-hydrogen) atoms. The minimum Gasteiger partial charge on any atom is -0.461 e. The van der Waals surface area contributed by atoms with Crippen LogP contribution in [-0.2, 0) is 9.53 Å². The Kier molecular flexibility index (Phi) is 6.96. The van der Waals surface area contributed by atoms with E-state index in [9.17, 15) is 4.79 Å². The number of ether oxygens (including phenoxy) is 1. The van der Waals surface area contributed by atoms with Crippen LogP contribution in [0.1, 0.15) is 19.8 Å². The number of hydrogen-bond acceptors (Lipinski definition) is 2. The first-order chi connectivity index (χ1) is 6.37. The third kappa shape index (κ3) is 7.74. The molecule has 0 aliphatic rings. The van der Waals surface area contributed by atoms with Gasteiger partial charge >= 0.3 is 5.97 Å². The van der Waals surface area contributed by atoms with Crippen molar-refractivity contribution >= 4 is 52.4 Å². The van der Waals surface area contributed by atoms with E-state index in [1.807, 2.05) is 6.92 Å². The van der Waals surface area contributed by atoms with Gasteiger partial charge in [0.05, 0.1) is 6.61 Å². The Morgan fingerprint density at radius 2 is 2.00 bits per heavy atom. The first-order valence-electron chi connectivity index (χ1n) is 3.99. The minimum absolute atomic E-state index is 0.221. The van der Waals surface area contributed by atoms with Gasteiger partial charge in [0.1, 0.15) is 5.03 Å². The summed E-state index contributed by atoms with van der Waals surface area (Å²) in [4.78, 5) is 11.1. The predicted molar refractivity (Wildman–Crippen MR) is 60.1 cm³/mol. The molecule has 0 N–H and O–H groups in total. The van der Waals surface area contributed by atoms with E-state index in [-0.39, 0.29) is 5.03 Å². The topological polar surface area (TPSA) is 26.3 Å². The average Bonchev–Trinajstić information content (AvgIpc) is 2.01. The second-order valence-electron chi connectivity index (χ2n) is 2.52. The van der Waals surface area contributed by atoms with Crippen molar-refractivity contribution in [3.63, 3.8) is 0 Å². The molecule has 0 aromatic carbocycles. The lowest BCUT2D eigenvalue weighted by molar-refractivity contribution is -0.138. The van der Waals surface area contributed by atoms with Gasteiger partial charge in [-0.3, -0.25) is 0 Å². The quantitative estimate of drug-likeness (QED) is 0.338. The van der Waals surface area contributed by atoms with Crippen LogP contribution in [0, 0.1) is 0 Å². The summed E-state index contributed by atoms with van der Waals surface area (Å²) in [6.07, 6.45) is 2.72. The van der Waals surface area contributed by atoms with E-state index in [0.717, 1.165) is 18.9 Å². The standard InChI is InChI=1S/C8H10Cl4O2/c1-2-3-4-14-7(13)6(9)5-8(10,11)12/h5H,2-4H2,1H3/b6-5-. The maximum atomic E-state index is 11.1. The third-order valence-electron chi connectivity index (χ3n) is 1.22. The van der Waals surface area contributed by atoms with Crippen molar-refractivity contribution in [2.24, 2.45) is 0 Å². The van der Waals surface area contributed by atoms with Crippen LogP contribution in [0.2, 0.25) is 0 Å². The van der Waals surface area contributed by atoms with Crippen LogP contribution in [-0.4, -0.2) is 16.4 Å². The molecule has 0 unspecified atom stereocenters. The van der Waals surface area contributed by atoms with E-state index in [2.05, 4.69) is 0 Å². The molecular weight excluding hydrogens is 270 g/mol. The molecule has 6 heteroatoms. The molecule has 0 heterocycles. The van der Waals surface area contributed by atoms with Crippen LogP contribution in [0.25, 0.3) is 0 Å². The van der Waals surface area contributed by atoms with Gasteiger partial charge in [-0.25, -0.2) is 4.79 Å². The second kappa shape index (κ2) is 6.78. The molecule has 0 saturated carbocycles. The van der Waals surface area contributed by atoms with Gasteiger partial charge in [0, 0.05) is 0 Å². The Labute approximate surface area is 103 Å². The number of alkyl halides is 3. The molecule has 0 bridgehead atoms. The van der Waals surface area contributed by atoms with E-state index in [1.54, 1.807) is 0 Å². The highest BCUT2D eigenvalue weighted by Gasteiger charge is 2.20. The summed E-state index contributed by atoms with van der Waals surface area (Å²) in [7, 11) is 0. The first-order valence-corrected chi connectivity index (χ1v) is 5.50. The Morgan fingerprint density at radius 3 is 2.43 bits per heavy atom. The van der Waals surface area contributed by atoms with E-state index < -0.39 is 9.76 Å². The smallest absolute Gasteiger partial charge is 0.349 e. The van der Waals surface area contributed by atoms with Crippen LogP contribution < -0.4 is 0 Å². The largest absolute Gasteiger partial charge is 0.461 e. The molecule has 0 rings (SSSR count). The van der Waals surface area contributed by atoms with Gasteiger partial charge in [0.25, 0.3) is 0 Å². The Hall–Kier alpha value is 0.370. The first kappa shape index (κ1) is 14.4. The molecule has 0 aromatic rings. The molecule has 0 aliphatic heterocycles. The molecule has 0 radical (unpaired) electrons. The number of allylic oxidation sites excluding steroid dienone is 1. The highest BCUT2D eigenvalue weighted by atomic mass is 35.6. The van der Waals surface area contributed by atoms with E-state index >= 15 is 0 Å². The predicted octanol–water partition coefficient (Wildman–Crippen LogP) is 3.82. The van der Waals surface area contributed by atoms with Gasteiger partial charge in [0.2, 0.25) is 3.79 Å². The van der Waals surface area contributed by atoms with Gasteiger partial charge < -0.3 is 4.74 Å². The highest BCUT2D eigenvalue weighted by Crippen LogP contribution is 2.29. The number of hydrogen-bond donors (Lipinski definition) is 0. The number of rotatable bonds is 4. The van der Waals surface area contributed by atoms with Crippen molar-refractivity contribution < 1.29 is 9.53 Å². The fourth-order valence-corrected chi connectivity index (χ4v) is 1.29. The number of carbonyl (C=O) groups excluding carboxylic acids is 1. The van der Waals surface area contributed by atoms with Gasteiger partial charge in [-0.05, 0) is 12.5 Å². The number of unbranched alkanes of at least 4 members (excludes halogenated alkanes) is 1. The van der Waals surface area contributed by atoms with Gasteiger partial charge in [-0.1, -0.05) is 59.7 Å². The van der Waals surface area contributed by atoms with Gasteiger partial charge in [0.15, 0.2) is 0 Å². The van der Waals surface area contributed by atoms with Crippen LogP contribution >= 0.6 is 46.4 Å². The van der Waals surface area contributed by atoms with Crippen LogP contribution in [0.15, 0.2) is 11.1 Å². The molecule has 0 amide bonds. The molecular formula is C8H10Cl4O2. The summed E-state index contributed by atoms with van der Waals surface area (Å²) < 4.78 is 3.10. The molecule has 82 valence electrons. The Bertz CT molecular complexity index is 220. The van der Waals surface area contributed by atoms with E-state index in [0.29, 0.717) is 6.61 Å². The third-order valence-corrected chi connectivity index (χ3v) is 1.81. The Morgan fingerprint density at radius 1 is 1.43 bits per heavy atom. The SMILES string of the molecule is CCCCOC(=O)/C(Cl)=C/C(Cl)(Cl)Cl. The van der Waals surface area contributed by atoms with Crippen LogP contribution in [0.3, 0.4) is 0 Å². The lowest BCUT2D eigenvalue weighted by Gasteiger charge is -2.06. The lowest BCUT2D eigenvalue weighted by Crippen LogP contribution is -2.08. The highest BCUT2D eigenvalue weighted by molar-refractivity contribution is 6.69. The van der Waals surface area contributed by atoms with Crippen molar-refractivity contribution in [3.8, 4) is 0 Å². The zero-order valence-electron chi connectivity index (χ0n) is 7.53. The fraction of sp³-hybridized carbons (Fsp3) is 0.625. The molecule has 0 saturated heterocycles. The zero-order chi connectivity index (χ0) is 11.2. The minimum atomic E-state index is -1.68. The summed E-state index contributed by atoms with van der Waals surface area (Å²) in [5, 5.41) is -0.221. The van der Waals surface area contributed by atoms with Crippen molar-refractivity contribution in [1.29, 1.82) is 0 Å². The van der Waals surface area contributed by atoms with Gasteiger partial charge in [-0.15, -0.1) is 0 Å². The van der Waals surface area contributed by atoms with Crippen molar-refractivity contribution in [1.82, 2.24) is 0 Å². The average molecular weight is 280 g/mol. The zero-order valence-corrected chi connectivity index (χ0v) is 10.6.